The number of nitrogens with one attached hydrogen (secondary N) is 1. The number of carbonyl (C=O) groups excluding carboxylic acids is 2. The van der Waals surface area contributed by atoms with Crippen LogP contribution in [0.2, 0.25) is 0 Å². The molecule has 2 atom stereocenters. The number of likely N-dealkylation sites (tertiary alicyclic amines) is 1. The van der Waals surface area contributed by atoms with E-state index in [1.165, 1.54) is 5.56 Å². The summed E-state index contributed by atoms with van der Waals surface area (Å²) in [6, 6.07) is 21.4. The summed E-state index contributed by atoms with van der Waals surface area (Å²) in [6.07, 6.45) is 3.86. The molecule has 5 heteroatoms. The number of aromatic nitrogens is 1. The Morgan fingerprint density at radius 1 is 1.00 bits per heavy atom. The zero-order chi connectivity index (χ0) is 23.2. The van der Waals surface area contributed by atoms with Crippen molar-refractivity contribution < 1.29 is 9.59 Å². The number of hydrogen-bond acceptors (Lipinski definition) is 3. The minimum Gasteiger partial charge on any atom is -0.341 e. The van der Waals surface area contributed by atoms with Gasteiger partial charge in [-0.1, -0.05) is 74.9 Å². The summed E-state index contributed by atoms with van der Waals surface area (Å²) in [5.74, 6) is 0.369. The minimum absolute atomic E-state index is 0.0247. The molecule has 0 bridgehead atoms. The molecule has 2 amide bonds. The van der Waals surface area contributed by atoms with Gasteiger partial charge in [-0.2, -0.15) is 0 Å². The molecule has 2 heterocycles. The van der Waals surface area contributed by atoms with Gasteiger partial charge in [-0.15, -0.1) is 0 Å². The van der Waals surface area contributed by atoms with Gasteiger partial charge in [-0.25, -0.2) is 4.98 Å². The highest BCUT2D eigenvalue weighted by atomic mass is 16.2. The second-order valence-electron chi connectivity index (χ2n) is 9.18. The molecule has 1 fully saturated rings. The van der Waals surface area contributed by atoms with Gasteiger partial charge in [0.15, 0.2) is 0 Å². The van der Waals surface area contributed by atoms with Crippen LogP contribution < -0.4 is 5.32 Å². The van der Waals surface area contributed by atoms with E-state index < -0.39 is 6.04 Å². The van der Waals surface area contributed by atoms with Gasteiger partial charge >= 0.3 is 0 Å². The van der Waals surface area contributed by atoms with Crippen LogP contribution in [0.4, 0.5) is 0 Å². The van der Waals surface area contributed by atoms with E-state index in [4.69, 9.17) is 0 Å². The van der Waals surface area contributed by atoms with Crippen LogP contribution >= 0.6 is 0 Å². The Hall–Kier alpha value is -3.21. The molecule has 1 aliphatic rings. The average Bonchev–Trinajstić information content (AvgIpc) is 2.87. The van der Waals surface area contributed by atoms with E-state index in [1.54, 1.807) is 6.07 Å². The van der Waals surface area contributed by atoms with Gasteiger partial charge in [-0.3, -0.25) is 9.59 Å². The lowest BCUT2D eigenvalue weighted by molar-refractivity contribution is -0.135. The normalized spacial score (nSPS) is 16.4. The Kier molecular flexibility index (Phi) is 7.38. The molecule has 1 N–H and O–H groups in total. The summed E-state index contributed by atoms with van der Waals surface area (Å²) in [4.78, 5) is 32.9. The van der Waals surface area contributed by atoms with Gasteiger partial charge in [0.25, 0.3) is 5.91 Å². The number of hydrogen-bond donors (Lipinski definition) is 1. The van der Waals surface area contributed by atoms with Gasteiger partial charge in [0.2, 0.25) is 5.91 Å². The van der Waals surface area contributed by atoms with E-state index in [1.807, 2.05) is 48.2 Å². The maximum absolute atomic E-state index is 13.4. The van der Waals surface area contributed by atoms with Gasteiger partial charge in [0, 0.05) is 18.5 Å². The van der Waals surface area contributed by atoms with Crippen molar-refractivity contribution in [2.24, 2.45) is 11.8 Å². The predicted octanol–water partition coefficient (Wildman–Crippen LogP) is 4.86. The Morgan fingerprint density at radius 2 is 1.70 bits per heavy atom. The van der Waals surface area contributed by atoms with Crippen molar-refractivity contribution in [2.75, 3.05) is 13.1 Å². The number of carbonyl (C=O) groups is 2. The zero-order valence-corrected chi connectivity index (χ0v) is 19.5. The summed E-state index contributed by atoms with van der Waals surface area (Å²) in [7, 11) is 0. The third-order valence-electron chi connectivity index (χ3n) is 6.89. The van der Waals surface area contributed by atoms with E-state index in [0.29, 0.717) is 11.6 Å². The summed E-state index contributed by atoms with van der Waals surface area (Å²) in [6.45, 7) is 5.57. The quantitative estimate of drug-likeness (QED) is 0.567. The molecular weight excluding hydrogens is 410 g/mol. The molecule has 33 heavy (non-hydrogen) atoms. The first-order chi connectivity index (χ1) is 16.0. The molecule has 0 aliphatic carbocycles. The molecular formula is C28H33N3O2. The smallest absolute Gasteiger partial charge is 0.270 e. The SMILES string of the molecule is CCC(C)C(NC(=O)c1ccc2ccccc2n1)C(=O)N1CCC(Cc2ccccc2)CC1. The van der Waals surface area contributed by atoms with Crippen LogP contribution in [0.5, 0.6) is 0 Å². The first-order valence-electron chi connectivity index (χ1n) is 12.0. The number of piperidine rings is 1. The lowest BCUT2D eigenvalue weighted by atomic mass is 9.89. The van der Waals surface area contributed by atoms with E-state index >= 15 is 0 Å². The highest BCUT2D eigenvalue weighted by molar-refractivity contribution is 5.98. The Balaban J connectivity index is 1.40. The van der Waals surface area contributed by atoms with Crippen LogP contribution in [-0.4, -0.2) is 40.8 Å². The molecule has 172 valence electrons. The fourth-order valence-corrected chi connectivity index (χ4v) is 4.59. The monoisotopic (exact) mass is 443 g/mol. The molecule has 1 aliphatic heterocycles. The second kappa shape index (κ2) is 10.6. The predicted molar refractivity (Wildman–Crippen MR) is 132 cm³/mol. The van der Waals surface area contributed by atoms with Crippen LogP contribution in [0.25, 0.3) is 10.9 Å². The standard InChI is InChI=1S/C28H33N3O2/c1-3-20(2)26(30-27(32)25-14-13-23-11-7-8-12-24(23)29-25)28(33)31-17-15-22(16-18-31)19-21-9-5-4-6-10-21/h4-14,20,22,26H,3,15-19H2,1-2H3,(H,30,32). The molecule has 0 saturated carbocycles. The van der Waals surface area contributed by atoms with Crippen molar-refractivity contribution in [1.29, 1.82) is 0 Å². The number of amides is 2. The van der Waals surface area contributed by atoms with Crippen molar-refractivity contribution in [3.8, 4) is 0 Å². The fourth-order valence-electron chi connectivity index (χ4n) is 4.59. The molecule has 0 spiro atoms. The van der Waals surface area contributed by atoms with Crippen LogP contribution in [-0.2, 0) is 11.2 Å². The van der Waals surface area contributed by atoms with Crippen molar-refractivity contribution in [1.82, 2.24) is 15.2 Å². The van der Waals surface area contributed by atoms with Crippen LogP contribution in [0, 0.1) is 11.8 Å². The van der Waals surface area contributed by atoms with E-state index in [9.17, 15) is 9.59 Å². The lowest BCUT2D eigenvalue weighted by Crippen LogP contribution is -2.53. The molecule has 1 saturated heterocycles. The number of fused-ring (bicyclic) bond motifs is 1. The third-order valence-corrected chi connectivity index (χ3v) is 6.89. The van der Waals surface area contributed by atoms with E-state index in [-0.39, 0.29) is 17.7 Å². The van der Waals surface area contributed by atoms with Crippen LogP contribution in [0.15, 0.2) is 66.7 Å². The van der Waals surface area contributed by atoms with Crippen molar-refractivity contribution in [2.45, 2.75) is 45.6 Å². The molecule has 2 aromatic carbocycles. The van der Waals surface area contributed by atoms with Gasteiger partial charge in [-0.05, 0) is 48.8 Å². The Labute approximate surface area is 196 Å². The maximum Gasteiger partial charge on any atom is 0.270 e. The first kappa shape index (κ1) is 23.0. The molecule has 3 aromatic rings. The topological polar surface area (TPSA) is 62.3 Å². The third kappa shape index (κ3) is 5.59. The highest BCUT2D eigenvalue weighted by Gasteiger charge is 2.32. The molecule has 2 unspecified atom stereocenters. The number of pyridine rings is 1. The maximum atomic E-state index is 13.4. The van der Waals surface area contributed by atoms with Crippen molar-refractivity contribution >= 4 is 22.7 Å². The number of benzene rings is 2. The zero-order valence-electron chi connectivity index (χ0n) is 19.5. The Bertz CT molecular complexity index is 1090. The Morgan fingerprint density at radius 3 is 2.42 bits per heavy atom. The first-order valence-corrected chi connectivity index (χ1v) is 12.0. The fraction of sp³-hybridized carbons (Fsp3) is 0.393. The number of nitrogens with zero attached hydrogens (tertiary/aromatic N) is 2. The lowest BCUT2D eigenvalue weighted by Gasteiger charge is -2.36. The number of para-hydroxylation sites is 1. The van der Waals surface area contributed by atoms with E-state index in [0.717, 1.165) is 49.7 Å². The second-order valence-corrected chi connectivity index (χ2v) is 9.18. The molecule has 5 nitrogen and oxygen atoms in total. The molecule has 0 radical (unpaired) electrons. The summed E-state index contributed by atoms with van der Waals surface area (Å²) >= 11 is 0. The molecule has 4 rings (SSSR count). The van der Waals surface area contributed by atoms with Crippen molar-refractivity contribution in [3.05, 3.63) is 78.0 Å². The van der Waals surface area contributed by atoms with E-state index in [2.05, 4.69) is 41.5 Å². The van der Waals surface area contributed by atoms with Gasteiger partial charge in [0.05, 0.1) is 5.52 Å². The summed E-state index contributed by atoms with van der Waals surface area (Å²) in [5.41, 5.74) is 2.48. The van der Waals surface area contributed by atoms with Crippen molar-refractivity contribution in [3.63, 3.8) is 0 Å². The van der Waals surface area contributed by atoms with Gasteiger partial charge < -0.3 is 10.2 Å². The van der Waals surface area contributed by atoms with Crippen LogP contribution in [0.1, 0.15) is 49.2 Å². The highest BCUT2D eigenvalue weighted by Crippen LogP contribution is 2.23. The largest absolute Gasteiger partial charge is 0.341 e. The summed E-state index contributed by atoms with van der Waals surface area (Å²) < 4.78 is 0. The minimum atomic E-state index is -0.540. The summed E-state index contributed by atoms with van der Waals surface area (Å²) in [5, 5.41) is 3.99. The molecule has 1 aromatic heterocycles. The van der Waals surface area contributed by atoms with Gasteiger partial charge in [0.1, 0.15) is 11.7 Å². The average molecular weight is 444 g/mol. The van der Waals surface area contributed by atoms with Crippen LogP contribution in [0.3, 0.4) is 0 Å². The number of rotatable bonds is 7.